The van der Waals surface area contributed by atoms with Gasteiger partial charge in [-0.1, -0.05) is 6.92 Å². The smallest absolute Gasteiger partial charge is 0.367 e. The van der Waals surface area contributed by atoms with Crippen molar-refractivity contribution in [1.82, 2.24) is 15.2 Å². The zero-order valence-electron chi connectivity index (χ0n) is 12.7. The Hall–Kier alpha value is -0.980. The van der Waals surface area contributed by atoms with Gasteiger partial charge in [-0.3, -0.25) is 4.90 Å². The van der Waals surface area contributed by atoms with Gasteiger partial charge >= 0.3 is 5.97 Å². The zero-order valence-corrected chi connectivity index (χ0v) is 13.5. The van der Waals surface area contributed by atoms with Crippen molar-refractivity contribution >= 4 is 17.3 Å². The monoisotopic (exact) mass is 309 g/mol. The van der Waals surface area contributed by atoms with Crippen LogP contribution >= 0.6 is 11.3 Å². The van der Waals surface area contributed by atoms with Gasteiger partial charge < -0.3 is 10.1 Å². The highest BCUT2D eigenvalue weighted by Crippen LogP contribution is 2.35. The van der Waals surface area contributed by atoms with E-state index in [4.69, 9.17) is 4.74 Å². The number of nitrogens with one attached hydrogen (secondary N) is 1. The average molecular weight is 309 g/mol. The molecule has 6 heteroatoms. The molecule has 1 aromatic heterocycles. The molecule has 0 radical (unpaired) electrons. The Morgan fingerprint density at radius 1 is 1.52 bits per heavy atom. The van der Waals surface area contributed by atoms with Crippen molar-refractivity contribution in [2.75, 3.05) is 26.2 Å². The van der Waals surface area contributed by atoms with Crippen molar-refractivity contribution in [2.45, 2.75) is 32.9 Å². The Morgan fingerprint density at radius 3 is 3.14 bits per heavy atom. The molecule has 0 amide bonds. The maximum atomic E-state index is 11.7. The maximum Gasteiger partial charge on any atom is 0.367 e. The molecule has 1 aromatic rings. The van der Waals surface area contributed by atoms with Crippen LogP contribution in [0.2, 0.25) is 0 Å². The summed E-state index contributed by atoms with van der Waals surface area (Å²) in [6.45, 7) is 8.75. The van der Waals surface area contributed by atoms with E-state index in [9.17, 15) is 4.79 Å². The first-order valence-corrected chi connectivity index (χ1v) is 8.67. The number of esters is 1. The lowest BCUT2D eigenvalue weighted by atomic mass is 9.93. The predicted molar refractivity (Wildman–Crippen MR) is 82.4 cm³/mol. The highest BCUT2D eigenvalue weighted by molar-refractivity contribution is 7.11. The molecule has 3 unspecified atom stereocenters. The summed E-state index contributed by atoms with van der Waals surface area (Å²) in [5.74, 6) is 1.25. The molecule has 116 valence electrons. The average Bonchev–Trinajstić information content (AvgIpc) is 3.14. The Bertz CT molecular complexity index is 505. The van der Waals surface area contributed by atoms with Crippen LogP contribution in [0.15, 0.2) is 5.38 Å². The molecule has 5 nitrogen and oxygen atoms in total. The van der Waals surface area contributed by atoms with Crippen molar-refractivity contribution in [2.24, 2.45) is 11.8 Å². The number of hydrogen-bond donors (Lipinski definition) is 1. The first-order chi connectivity index (χ1) is 10.2. The third kappa shape index (κ3) is 2.98. The molecule has 0 aliphatic carbocycles. The first-order valence-electron chi connectivity index (χ1n) is 7.79. The lowest BCUT2D eigenvalue weighted by molar-refractivity contribution is 0.0525. The SMILES string of the molecule is CCOC(=O)c1nc(CN2CC3CNCC3C2CC)cs1. The summed E-state index contributed by atoms with van der Waals surface area (Å²) < 4.78 is 5.00. The van der Waals surface area contributed by atoms with Gasteiger partial charge in [0.25, 0.3) is 0 Å². The van der Waals surface area contributed by atoms with Gasteiger partial charge in [-0.25, -0.2) is 9.78 Å². The van der Waals surface area contributed by atoms with E-state index in [1.165, 1.54) is 17.8 Å². The van der Waals surface area contributed by atoms with Gasteiger partial charge in [-0.15, -0.1) is 11.3 Å². The minimum Gasteiger partial charge on any atom is -0.461 e. The number of ether oxygens (including phenoxy) is 1. The summed E-state index contributed by atoms with van der Waals surface area (Å²) in [6.07, 6.45) is 1.18. The Morgan fingerprint density at radius 2 is 2.38 bits per heavy atom. The number of carbonyl (C=O) groups is 1. The molecule has 0 spiro atoms. The molecule has 3 rings (SSSR count). The fraction of sp³-hybridized carbons (Fsp3) is 0.733. The first kappa shape index (κ1) is 14.9. The molecule has 0 aromatic carbocycles. The Balaban J connectivity index is 1.65. The summed E-state index contributed by atoms with van der Waals surface area (Å²) in [4.78, 5) is 18.7. The van der Waals surface area contributed by atoms with E-state index in [2.05, 4.69) is 22.1 Å². The quantitative estimate of drug-likeness (QED) is 0.840. The van der Waals surface area contributed by atoms with Gasteiger partial charge in [0.15, 0.2) is 0 Å². The van der Waals surface area contributed by atoms with Crippen LogP contribution in [0.1, 0.15) is 35.8 Å². The van der Waals surface area contributed by atoms with E-state index in [0.717, 1.165) is 43.7 Å². The van der Waals surface area contributed by atoms with E-state index in [1.54, 1.807) is 0 Å². The van der Waals surface area contributed by atoms with E-state index >= 15 is 0 Å². The summed E-state index contributed by atoms with van der Waals surface area (Å²) in [5, 5.41) is 5.97. The fourth-order valence-corrected chi connectivity index (χ4v) is 4.43. The van der Waals surface area contributed by atoms with Crippen molar-refractivity contribution in [1.29, 1.82) is 0 Å². The third-order valence-corrected chi connectivity index (χ3v) is 5.48. The van der Waals surface area contributed by atoms with Crippen LogP contribution in [0.4, 0.5) is 0 Å². The van der Waals surface area contributed by atoms with Gasteiger partial charge in [0.2, 0.25) is 5.01 Å². The summed E-state index contributed by atoms with van der Waals surface area (Å²) in [7, 11) is 0. The summed E-state index contributed by atoms with van der Waals surface area (Å²) >= 11 is 1.39. The van der Waals surface area contributed by atoms with Crippen molar-refractivity contribution in [3.8, 4) is 0 Å². The van der Waals surface area contributed by atoms with Crippen LogP contribution in [0.3, 0.4) is 0 Å². The van der Waals surface area contributed by atoms with Gasteiger partial charge in [-0.05, 0) is 38.3 Å². The van der Waals surface area contributed by atoms with Gasteiger partial charge in [0.05, 0.1) is 12.3 Å². The van der Waals surface area contributed by atoms with Gasteiger partial charge in [0.1, 0.15) is 0 Å². The minimum atomic E-state index is -0.303. The molecule has 2 aliphatic rings. The highest BCUT2D eigenvalue weighted by Gasteiger charge is 2.43. The molecule has 21 heavy (non-hydrogen) atoms. The van der Waals surface area contributed by atoms with Crippen LogP contribution in [-0.4, -0.2) is 48.1 Å². The normalized spacial score (nSPS) is 28.8. The van der Waals surface area contributed by atoms with E-state index in [1.807, 2.05) is 12.3 Å². The molecule has 0 bridgehead atoms. The number of rotatable bonds is 5. The molecular formula is C15H23N3O2S. The molecule has 3 heterocycles. The number of likely N-dealkylation sites (tertiary alicyclic amines) is 1. The number of nitrogens with zero attached hydrogens (tertiary/aromatic N) is 2. The van der Waals surface area contributed by atoms with Crippen LogP contribution in [0.5, 0.6) is 0 Å². The van der Waals surface area contributed by atoms with Crippen LogP contribution in [0.25, 0.3) is 0 Å². The molecule has 0 saturated carbocycles. The van der Waals surface area contributed by atoms with E-state index in [-0.39, 0.29) is 5.97 Å². The van der Waals surface area contributed by atoms with E-state index < -0.39 is 0 Å². The second kappa shape index (κ2) is 6.42. The molecule has 2 aliphatic heterocycles. The van der Waals surface area contributed by atoms with Crippen LogP contribution < -0.4 is 5.32 Å². The fourth-order valence-electron chi connectivity index (χ4n) is 3.73. The molecular weight excluding hydrogens is 286 g/mol. The van der Waals surface area contributed by atoms with Crippen molar-refractivity contribution < 1.29 is 9.53 Å². The van der Waals surface area contributed by atoms with Crippen molar-refractivity contribution in [3.63, 3.8) is 0 Å². The van der Waals surface area contributed by atoms with Crippen LogP contribution in [-0.2, 0) is 11.3 Å². The molecule has 2 saturated heterocycles. The van der Waals surface area contributed by atoms with Crippen LogP contribution in [0, 0.1) is 11.8 Å². The van der Waals surface area contributed by atoms with Gasteiger partial charge in [-0.2, -0.15) is 0 Å². The standard InChI is InChI=1S/C15H23N3O2S/c1-3-13-12-6-16-5-10(12)7-18(13)8-11-9-21-14(17-11)15(19)20-4-2/h9-10,12-13,16H,3-8H2,1-2H3. The third-order valence-electron chi connectivity index (χ3n) is 4.61. The second-order valence-corrected chi connectivity index (χ2v) is 6.71. The number of aromatic nitrogens is 1. The molecule has 2 fully saturated rings. The molecule has 1 N–H and O–H groups in total. The Kier molecular flexibility index (Phi) is 4.57. The largest absolute Gasteiger partial charge is 0.461 e. The number of carbonyl (C=O) groups excluding carboxylic acids is 1. The van der Waals surface area contributed by atoms with Crippen molar-refractivity contribution in [3.05, 3.63) is 16.1 Å². The summed E-state index contributed by atoms with van der Waals surface area (Å²) in [6, 6.07) is 0.637. The lowest BCUT2D eigenvalue weighted by Gasteiger charge is -2.25. The van der Waals surface area contributed by atoms with Gasteiger partial charge in [0, 0.05) is 24.5 Å². The lowest BCUT2D eigenvalue weighted by Crippen LogP contribution is -2.34. The predicted octanol–water partition coefficient (Wildman–Crippen LogP) is 1.75. The van der Waals surface area contributed by atoms with E-state index in [0.29, 0.717) is 17.7 Å². The molecule has 3 atom stereocenters. The summed E-state index contributed by atoms with van der Waals surface area (Å²) in [5.41, 5.74) is 0.995. The zero-order chi connectivity index (χ0) is 14.8. The Labute approximate surface area is 129 Å². The number of thiazole rings is 1. The maximum absolute atomic E-state index is 11.7. The number of fused-ring (bicyclic) bond motifs is 1. The highest BCUT2D eigenvalue weighted by atomic mass is 32.1. The number of hydrogen-bond acceptors (Lipinski definition) is 6. The topological polar surface area (TPSA) is 54.5 Å². The second-order valence-electron chi connectivity index (χ2n) is 5.85. The minimum absolute atomic E-state index is 0.303.